The van der Waals surface area contributed by atoms with Crippen molar-refractivity contribution in [1.29, 1.82) is 0 Å². The van der Waals surface area contributed by atoms with Crippen LogP contribution in [0.4, 0.5) is 0 Å². The van der Waals surface area contributed by atoms with Crippen LogP contribution in [0.25, 0.3) is 0 Å². The highest BCUT2D eigenvalue weighted by Crippen LogP contribution is 2.23. The molecule has 1 aromatic carbocycles. The first-order valence-corrected chi connectivity index (χ1v) is 19.4. The van der Waals surface area contributed by atoms with E-state index < -0.39 is 32.5 Å². The Kier molecular flexibility index (Phi) is 25.0. The van der Waals surface area contributed by atoms with E-state index in [9.17, 15) is 22.6 Å². The number of carbonyl (C=O) groups excluding carboxylic acids is 2. The zero-order valence-corrected chi connectivity index (χ0v) is 29.6. The molecular formula is C38H62O7S. The molecule has 0 aromatic heterocycles. The number of hydrogen-bond acceptors (Lipinski definition) is 6. The molecule has 0 amide bonds. The van der Waals surface area contributed by atoms with Crippen molar-refractivity contribution in [3.63, 3.8) is 0 Å². The van der Waals surface area contributed by atoms with Crippen molar-refractivity contribution in [2.45, 2.75) is 160 Å². The van der Waals surface area contributed by atoms with Gasteiger partial charge in [0.1, 0.15) is 4.90 Å². The number of esters is 2. The van der Waals surface area contributed by atoms with Crippen molar-refractivity contribution in [2.24, 2.45) is 0 Å². The van der Waals surface area contributed by atoms with Crippen LogP contribution in [0.15, 0.2) is 47.4 Å². The molecule has 0 atom stereocenters. The molecular weight excluding hydrogens is 600 g/mol. The Hall–Kier alpha value is -2.45. The molecule has 1 rings (SSSR count). The van der Waals surface area contributed by atoms with Gasteiger partial charge in [-0.25, -0.2) is 9.59 Å². The van der Waals surface area contributed by atoms with Crippen molar-refractivity contribution < 1.29 is 32.0 Å². The SMILES string of the molecule is C/C=C/CCCCCCCCCCCCOC(=O)c1cccc(S(=O)(=O)O)c1C(=O)OCCCCCCCCCCCC/C=C/C. The van der Waals surface area contributed by atoms with Gasteiger partial charge in [0.25, 0.3) is 10.1 Å². The second-order valence-corrected chi connectivity index (χ2v) is 13.6. The maximum atomic E-state index is 12.9. The first-order chi connectivity index (χ1) is 22.3. The number of benzene rings is 1. The Morgan fingerprint density at radius 3 is 1.35 bits per heavy atom. The smallest absolute Gasteiger partial charge is 0.340 e. The van der Waals surface area contributed by atoms with E-state index in [2.05, 4.69) is 38.2 Å². The number of allylic oxidation sites excluding steroid dienone is 4. The van der Waals surface area contributed by atoms with Crippen LogP contribution in [0.1, 0.15) is 176 Å². The fourth-order valence-corrected chi connectivity index (χ4v) is 6.20. The first-order valence-electron chi connectivity index (χ1n) is 18.0. The second kappa shape index (κ2) is 27.6. The lowest BCUT2D eigenvalue weighted by molar-refractivity contribution is 0.0446. The maximum Gasteiger partial charge on any atom is 0.340 e. The molecule has 0 spiro atoms. The van der Waals surface area contributed by atoms with Crippen LogP contribution in [0.2, 0.25) is 0 Å². The van der Waals surface area contributed by atoms with E-state index in [-0.39, 0.29) is 18.8 Å². The highest BCUT2D eigenvalue weighted by atomic mass is 32.2. The Bertz CT molecular complexity index is 1110. The van der Waals surface area contributed by atoms with E-state index in [4.69, 9.17) is 9.47 Å². The molecule has 46 heavy (non-hydrogen) atoms. The van der Waals surface area contributed by atoms with Gasteiger partial charge in [0.15, 0.2) is 0 Å². The topological polar surface area (TPSA) is 107 Å². The molecule has 0 heterocycles. The fraction of sp³-hybridized carbons (Fsp3) is 0.684. The largest absolute Gasteiger partial charge is 0.462 e. The molecule has 0 saturated carbocycles. The highest BCUT2D eigenvalue weighted by Gasteiger charge is 2.28. The Morgan fingerprint density at radius 1 is 0.587 bits per heavy atom. The van der Waals surface area contributed by atoms with Crippen LogP contribution < -0.4 is 0 Å². The molecule has 0 aliphatic carbocycles. The van der Waals surface area contributed by atoms with E-state index in [1.807, 2.05) is 0 Å². The van der Waals surface area contributed by atoms with Gasteiger partial charge in [-0.05, 0) is 64.5 Å². The Morgan fingerprint density at radius 2 is 0.957 bits per heavy atom. The predicted molar refractivity (Wildman–Crippen MR) is 188 cm³/mol. The average molecular weight is 663 g/mol. The average Bonchev–Trinajstić information content (AvgIpc) is 3.04. The predicted octanol–water partition coefficient (Wildman–Crippen LogP) is 11.0. The minimum atomic E-state index is -4.76. The molecule has 1 aromatic rings. The van der Waals surface area contributed by atoms with Crippen LogP contribution in [0.3, 0.4) is 0 Å². The third-order valence-electron chi connectivity index (χ3n) is 8.20. The van der Waals surface area contributed by atoms with Crippen LogP contribution in [-0.4, -0.2) is 38.1 Å². The minimum absolute atomic E-state index is 0.107. The second-order valence-electron chi connectivity index (χ2n) is 12.2. The van der Waals surface area contributed by atoms with Gasteiger partial charge >= 0.3 is 11.9 Å². The first kappa shape index (κ1) is 41.6. The van der Waals surface area contributed by atoms with Crippen molar-refractivity contribution in [3.05, 3.63) is 53.6 Å². The van der Waals surface area contributed by atoms with Crippen LogP contribution >= 0.6 is 0 Å². The summed E-state index contributed by atoms with van der Waals surface area (Å²) in [6, 6.07) is 3.73. The summed E-state index contributed by atoms with van der Waals surface area (Å²) in [6.45, 7) is 4.40. The molecule has 0 radical (unpaired) electrons. The van der Waals surface area contributed by atoms with Gasteiger partial charge in [-0.2, -0.15) is 8.42 Å². The minimum Gasteiger partial charge on any atom is -0.462 e. The summed E-state index contributed by atoms with van der Waals surface area (Å²) in [4.78, 5) is 25.2. The van der Waals surface area contributed by atoms with Crippen molar-refractivity contribution >= 4 is 22.1 Å². The standard InChI is InChI=1S/C38H62O7S/c1-3-5-7-9-11-13-15-17-19-21-23-25-27-32-44-37(39)34-30-29-31-35(46(41,42)43)36(34)38(40)45-33-28-26-24-22-20-18-16-14-12-10-8-6-4-2/h3-6,29-31H,7-28,32-33H2,1-2H3,(H,41,42,43)/b5-3+,6-4+. The number of unbranched alkanes of at least 4 members (excludes halogenated alkanes) is 20. The van der Waals surface area contributed by atoms with E-state index in [0.29, 0.717) is 12.8 Å². The third kappa shape index (κ3) is 20.6. The lowest BCUT2D eigenvalue weighted by atomic mass is 10.1. The van der Waals surface area contributed by atoms with Gasteiger partial charge in [0, 0.05) is 0 Å². The van der Waals surface area contributed by atoms with Gasteiger partial charge in [0.05, 0.1) is 24.3 Å². The summed E-state index contributed by atoms with van der Waals surface area (Å²) >= 11 is 0. The fourth-order valence-electron chi connectivity index (χ4n) is 5.50. The molecule has 0 unspecified atom stereocenters. The van der Waals surface area contributed by atoms with Crippen LogP contribution in [-0.2, 0) is 19.6 Å². The number of ether oxygens (including phenoxy) is 2. The van der Waals surface area contributed by atoms with Gasteiger partial charge in [-0.15, -0.1) is 0 Å². The summed E-state index contributed by atoms with van der Waals surface area (Å²) in [5.41, 5.74) is -0.685. The van der Waals surface area contributed by atoms with Crippen LogP contribution in [0, 0.1) is 0 Å². The Balaban J connectivity index is 2.35. The number of hydrogen-bond donors (Lipinski definition) is 1. The summed E-state index contributed by atoms with van der Waals surface area (Å²) < 4.78 is 44.5. The summed E-state index contributed by atoms with van der Waals surface area (Å²) in [5.74, 6) is -1.75. The summed E-state index contributed by atoms with van der Waals surface area (Å²) in [7, 11) is -4.76. The van der Waals surface area contributed by atoms with Crippen molar-refractivity contribution in [2.75, 3.05) is 13.2 Å². The lowest BCUT2D eigenvalue weighted by Gasteiger charge is -2.13. The summed E-state index contributed by atoms with van der Waals surface area (Å²) in [6.07, 6.45) is 33.6. The Labute approximate surface area is 280 Å². The molecule has 0 aliphatic rings. The molecule has 1 N–H and O–H groups in total. The monoisotopic (exact) mass is 662 g/mol. The number of carbonyl (C=O) groups is 2. The molecule has 8 heteroatoms. The quantitative estimate of drug-likeness (QED) is 0.0393. The van der Waals surface area contributed by atoms with E-state index in [1.165, 1.54) is 102 Å². The van der Waals surface area contributed by atoms with E-state index >= 15 is 0 Å². The van der Waals surface area contributed by atoms with Crippen LogP contribution in [0.5, 0.6) is 0 Å². The molecule has 262 valence electrons. The zero-order chi connectivity index (χ0) is 33.7. The maximum absolute atomic E-state index is 12.9. The van der Waals surface area contributed by atoms with Gasteiger partial charge in [0.2, 0.25) is 0 Å². The highest BCUT2D eigenvalue weighted by molar-refractivity contribution is 7.86. The molecule has 0 bridgehead atoms. The zero-order valence-electron chi connectivity index (χ0n) is 28.8. The van der Waals surface area contributed by atoms with E-state index in [0.717, 1.165) is 44.6 Å². The van der Waals surface area contributed by atoms with Crippen molar-refractivity contribution in [3.8, 4) is 0 Å². The normalized spacial score (nSPS) is 11.9. The van der Waals surface area contributed by atoms with E-state index in [1.54, 1.807) is 0 Å². The van der Waals surface area contributed by atoms with Gasteiger partial charge in [-0.1, -0.05) is 133 Å². The third-order valence-corrected chi connectivity index (χ3v) is 9.09. The van der Waals surface area contributed by atoms with Gasteiger partial charge < -0.3 is 9.47 Å². The number of rotatable bonds is 29. The molecule has 0 aliphatic heterocycles. The summed E-state index contributed by atoms with van der Waals surface area (Å²) in [5, 5.41) is 0. The molecule has 7 nitrogen and oxygen atoms in total. The molecule has 0 fully saturated rings. The van der Waals surface area contributed by atoms with Gasteiger partial charge in [-0.3, -0.25) is 4.55 Å². The van der Waals surface area contributed by atoms with Crippen molar-refractivity contribution in [1.82, 2.24) is 0 Å². The lowest BCUT2D eigenvalue weighted by Crippen LogP contribution is -2.19. The molecule has 0 saturated heterocycles.